The maximum atomic E-state index is 14.4. The van der Waals surface area contributed by atoms with E-state index in [2.05, 4.69) is 88.6 Å². The second-order valence-electron chi connectivity index (χ2n) is 22.2. The number of hydrogen-bond donors (Lipinski definition) is 2. The smallest absolute Gasteiger partial charge is 0.309 e. The summed E-state index contributed by atoms with van der Waals surface area (Å²) < 4.78 is 11.8. The van der Waals surface area contributed by atoms with Gasteiger partial charge in [0, 0.05) is 56.5 Å². The lowest BCUT2D eigenvalue weighted by molar-refractivity contribution is -0.235. The maximum absolute atomic E-state index is 14.4. The Labute approximate surface area is 355 Å². The van der Waals surface area contributed by atoms with E-state index in [9.17, 15) is 24.6 Å². The Morgan fingerprint density at radius 2 is 1.63 bits per heavy atom. The van der Waals surface area contributed by atoms with Crippen molar-refractivity contribution in [2.75, 3.05) is 45.9 Å². The first-order valence-corrected chi connectivity index (χ1v) is 23.1. The number of carbonyl (C=O) groups excluding carboxylic acids is 2. The molecule has 0 spiro atoms. The van der Waals surface area contributed by atoms with Crippen LogP contribution in [0.3, 0.4) is 0 Å². The van der Waals surface area contributed by atoms with Gasteiger partial charge in [-0.3, -0.25) is 24.2 Å². The number of fused-ring (bicyclic) bond motifs is 7. The molecule has 328 valence electrons. The summed E-state index contributed by atoms with van der Waals surface area (Å²) >= 11 is 0. The number of benzene rings is 1. The van der Waals surface area contributed by atoms with Gasteiger partial charge in [0.05, 0.1) is 31.2 Å². The van der Waals surface area contributed by atoms with Crippen molar-refractivity contribution in [2.24, 2.45) is 56.2 Å². The summed E-state index contributed by atoms with van der Waals surface area (Å²) in [6.45, 7) is 26.3. The zero-order chi connectivity index (χ0) is 42.8. The number of Topliss-reactive ketones (excluding diaryl/α,β-unsaturated/α-hetero) is 1. The molecule has 0 unspecified atom stereocenters. The first-order valence-electron chi connectivity index (χ1n) is 23.1. The van der Waals surface area contributed by atoms with E-state index in [0.29, 0.717) is 24.8 Å². The van der Waals surface area contributed by atoms with Gasteiger partial charge in [-0.05, 0) is 116 Å². The molecule has 2 N–H and O–H groups in total. The number of esters is 1. The molecule has 5 aliphatic carbocycles. The third kappa shape index (κ3) is 7.69. The van der Waals surface area contributed by atoms with E-state index in [4.69, 9.17) is 9.47 Å². The molecule has 1 heterocycles. The van der Waals surface area contributed by atoms with Gasteiger partial charge in [0.1, 0.15) is 6.10 Å². The van der Waals surface area contributed by atoms with Crippen LogP contribution in [0.25, 0.3) is 0 Å². The highest BCUT2D eigenvalue weighted by Crippen LogP contribution is 2.77. The van der Waals surface area contributed by atoms with Crippen molar-refractivity contribution in [1.29, 1.82) is 0 Å². The predicted octanol–water partition coefficient (Wildman–Crippen LogP) is 8.58. The van der Waals surface area contributed by atoms with Crippen LogP contribution in [0.1, 0.15) is 132 Å². The molecular weight excluding hydrogens is 741 g/mol. The second kappa shape index (κ2) is 16.3. The average Bonchev–Trinajstić information content (AvgIpc) is 3.49. The summed E-state index contributed by atoms with van der Waals surface area (Å²) in [7, 11) is 0. The summed E-state index contributed by atoms with van der Waals surface area (Å²) in [4.78, 5) is 44.3. The number of rotatable bonds is 13. The van der Waals surface area contributed by atoms with E-state index < -0.39 is 28.9 Å². The number of morpholine rings is 1. The molecule has 59 heavy (non-hydrogen) atoms. The van der Waals surface area contributed by atoms with E-state index >= 15 is 0 Å². The van der Waals surface area contributed by atoms with E-state index in [1.54, 1.807) is 13.8 Å². The van der Waals surface area contributed by atoms with E-state index in [-0.39, 0.29) is 51.8 Å². The van der Waals surface area contributed by atoms with E-state index in [1.807, 2.05) is 0 Å². The molecule has 1 aliphatic heterocycles. The normalized spacial score (nSPS) is 36.4. The van der Waals surface area contributed by atoms with Gasteiger partial charge in [-0.25, -0.2) is 0 Å². The van der Waals surface area contributed by atoms with Crippen molar-refractivity contribution < 1.29 is 34.1 Å². The highest BCUT2D eigenvalue weighted by atomic mass is 16.5. The van der Waals surface area contributed by atoms with Gasteiger partial charge in [0.15, 0.2) is 5.78 Å². The van der Waals surface area contributed by atoms with Crippen molar-refractivity contribution in [3.8, 4) is 0 Å². The third-order valence-electron chi connectivity index (χ3n) is 18.0. The first kappa shape index (κ1) is 44.5. The molecule has 0 amide bonds. The molecule has 5 fully saturated rings. The number of carboxylic acid groups (broad SMARTS) is 1. The Morgan fingerprint density at radius 3 is 2.29 bits per heavy atom. The quantitative estimate of drug-likeness (QED) is 0.189. The molecule has 9 nitrogen and oxygen atoms in total. The first-order chi connectivity index (χ1) is 27.7. The van der Waals surface area contributed by atoms with Gasteiger partial charge in [-0.15, -0.1) is 0 Å². The topological polar surface area (TPSA) is 117 Å². The van der Waals surface area contributed by atoms with E-state index in [0.717, 1.165) is 103 Å². The van der Waals surface area contributed by atoms with Crippen LogP contribution < -0.4 is 0 Å². The van der Waals surface area contributed by atoms with Gasteiger partial charge in [0.25, 0.3) is 0 Å². The molecule has 1 aromatic carbocycles. The number of nitrogens with zero attached hydrogens (tertiary/aromatic N) is 2. The number of ketones is 1. The van der Waals surface area contributed by atoms with Crippen LogP contribution in [-0.2, 0) is 30.4 Å². The molecular formula is C50H76N2O7. The average molecular weight is 817 g/mol. The number of carbonyl (C=O) groups is 3. The number of ether oxygens (including phenoxy) is 2. The Morgan fingerprint density at radius 1 is 0.932 bits per heavy atom. The monoisotopic (exact) mass is 817 g/mol. The van der Waals surface area contributed by atoms with Crippen molar-refractivity contribution >= 4 is 17.7 Å². The molecule has 0 radical (unpaired) electrons. The van der Waals surface area contributed by atoms with Crippen LogP contribution in [0.4, 0.5) is 0 Å². The van der Waals surface area contributed by atoms with Crippen molar-refractivity contribution in [2.45, 2.75) is 145 Å². The Balaban J connectivity index is 1.15. The van der Waals surface area contributed by atoms with Crippen LogP contribution in [0, 0.1) is 56.2 Å². The number of allylic oxidation sites excluding steroid dienone is 1. The van der Waals surface area contributed by atoms with Crippen molar-refractivity contribution in [3.63, 3.8) is 0 Å². The number of aliphatic hydroxyl groups is 1. The Kier molecular flexibility index (Phi) is 12.3. The largest absolute Gasteiger partial charge is 0.481 e. The van der Waals surface area contributed by atoms with Gasteiger partial charge in [0.2, 0.25) is 0 Å². The lowest BCUT2D eigenvalue weighted by Crippen LogP contribution is -2.66. The number of aliphatic hydroxyl groups excluding tert-OH is 1. The number of aliphatic carboxylic acids is 1. The summed E-state index contributed by atoms with van der Waals surface area (Å²) in [5, 5.41) is 22.5. The summed E-state index contributed by atoms with van der Waals surface area (Å²) in [6.07, 6.45) is 7.24. The zero-order valence-corrected chi connectivity index (χ0v) is 37.9. The van der Waals surface area contributed by atoms with Crippen LogP contribution in [0.2, 0.25) is 0 Å². The second-order valence-corrected chi connectivity index (χ2v) is 22.2. The van der Waals surface area contributed by atoms with Gasteiger partial charge in [-0.1, -0.05) is 84.4 Å². The molecule has 9 heteroatoms. The minimum atomic E-state index is -1.17. The van der Waals surface area contributed by atoms with Gasteiger partial charge >= 0.3 is 11.9 Å². The number of hydrogen-bond acceptors (Lipinski definition) is 8. The van der Waals surface area contributed by atoms with Crippen LogP contribution in [0.15, 0.2) is 41.5 Å². The lowest BCUT2D eigenvalue weighted by Gasteiger charge is -2.72. The van der Waals surface area contributed by atoms with Crippen LogP contribution >= 0.6 is 0 Å². The lowest BCUT2D eigenvalue weighted by atomic mass is 9.33. The molecule has 0 bridgehead atoms. The zero-order valence-electron chi connectivity index (χ0n) is 37.9. The summed E-state index contributed by atoms with van der Waals surface area (Å²) in [6, 6.07) is 10.6. The maximum Gasteiger partial charge on any atom is 0.309 e. The Bertz CT molecular complexity index is 1770. The highest BCUT2D eigenvalue weighted by molar-refractivity contribution is 6.00. The standard InChI is InChI=1S/C50H76N2O7/c1-33(2)42-36(53)29-50(39(54)32-52(31-34-13-11-10-12-14-34)24-23-51-25-27-58-28-26-51)22-21-48(8)35(43(42)50)15-16-38-47(7)19-18-40(59-41(55)30-45(3,4)44(56)57)46(5,6)37(47)17-20-49(38,48)9/h10-14,33,35,37-40,54H,15-32H2,1-9H3,(H,56,57)/t35-,37+,38-,39+,40+,47+,48-,49-,50+/m1/s1. The van der Waals surface area contributed by atoms with Crippen molar-refractivity contribution in [1.82, 2.24) is 9.80 Å². The molecule has 9 atom stereocenters. The molecule has 0 aromatic heterocycles. The van der Waals surface area contributed by atoms with E-state index in [1.165, 1.54) is 11.1 Å². The molecule has 4 saturated carbocycles. The Hall–Kier alpha value is -2.59. The highest BCUT2D eigenvalue weighted by Gasteiger charge is 2.71. The number of carboxylic acids is 1. The molecule has 7 rings (SSSR count). The fraction of sp³-hybridized carbons (Fsp3) is 0.780. The minimum Gasteiger partial charge on any atom is -0.481 e. The SMILES string of the molecule is CC(C)C1=C2[C@H]3CC[C@@H]4[C@@]5(C)CC[C@H](OC(=O)CC(C)(C)C(=O)O)C(C)(C)[C@@H]5CC[C@@]4(C)[C@]3(C)CC[C@@]2([C@@H](O)CN(CCN2CCOCC2)Cc2ccccc2)CC1=O. The predicted molar refractivity (Wildman–Crippen MR) is 230 cm³/mol. The summed E-state index contributed by atoms with van der Waals surface area (Å²) in [5.41, 5.74) is 1.68. The van der Waals surface area contributed by atoms with Crippen LogP contribution in [0.5, 0.6) is 0 Å². The van der Waals surface area contributed by atoms with Gasteiger partial charge < -0.3 is 19.7 Å². The molecule has 6 aliphatic rings. The van der Waals surface area contributed by atoms with Crippen molar-refractivity contribution in [3.05, 3.63) is 47.0 Å². The van der Waals surface area contributed by atoms with Gasteiger partial charge in [-0.2, -0.15) is 0 Å². The van der Waals surface area contributed by atoms with Crippen LogP contribution in [-0.4, -0.2) is 95.9 Å². The fourth-order valence-corrected chi connectivity index (χ4v) is 14.5. The third-order valence-corrected chi connectivity index (χ3v) is 18.0. The minimum absolute atomic E-state index is 0.0247. The summed E-state index contributed by atoms with van der Waals surface area (Å²) in [5.74, 6) is 0.0493. The fourth-order valence-electron chi connectivity index (χ4n) is 14.5. The molecule has 1 saturated heterocycles. The molecule has 1 aromatic rings.